The molecule has 1 rings (SSSR count). The molecule has 98 valence electrons. The summed E-state index contributed by atoms with van der Waals surface area (Å²) in [7, 11) is 0. The zero-order valence-corrected chi connectivity index (χ0v) is 11.1. The molecule has 0 aliphatic rings. The van der Waals surface area contributed by atoms with E-state index in [0.717, 1.165) is 12.0 Å². The molecule has 4 nitrogen and oxygen atoms in total. The van der Waals surface area contributed by atoms with Gasteiger partial charge in [0.05, 0.1) is 0 Å². The maximum Gasteiger partial charge on any atom is 0.325 e. The summed E-state index contributed by atoms with van der Waals surface area (Å²) in [5.74, 6) is 0.0475. The van der Waals surface area contributed by atoms with Crippen molar-refractivity contribution in [1.82, 2.24) is 5.32 Å². The van der Waals surface area contributed by atoms with Gasteiger partial charge in [-0.2, -0.15) is 0 Å². The second kappa shape index (κ2) is 6.79. The number of amides is 3. The van der Waals surface area contributed by atoms with Gasteiger partial charge in [0, 0.05) is 12.1 Å². The summed E-state index contributed by atoms with van der Waals surface area (Å²) in [6.07, 6.45) is 1.30. The fraction of sp³-hybridized carbons (Fsp3) is 0.429. The normalized spacial score (nSPS) is 11.7. The van der Waals surface area contributed by atoms with Crippen LogP contribution in [0.5, 0.6) is 0 Å². The maximum atomic E-state index is 11.6. The third-order valence-corrected chi connectivity index (χ3v) is 2.76. The Morgan fingerprint density at radius 3 is 2.67 bits per heavy atom. The molecule has 0 aromatic heterocycles. The first kappa shape index (κ1) is 14.2. The smallest absolute Gasteiger partial charge is 0.308 e. The van der Waals surface area contributed by atoms with Gasteiger partial charge in [0.2, 0.25) is 5.91 Å². The lowest BCUT2D eigenvalue weighted by molar-refractivity contribution is -0.120. The molecule has 0 aliphatic carbocycles. The first-order valence-corrected chi connectivity index (χ1v) is 6.18. The van der Waals surface area contributed by atoms with E-state index in [-0.39, 0.29) is 11.8 Å². The van der Waals surface area contributed by atoms with Gasteiger partial charge in [0.1, 0.15) is 0 Å². The molecule has 0 aliphatic heterocycles. The Kier molecular flexibility index (Phi) is 5.36. The van der Waals surface area contributed by atoms with E-state index in [4.69, 9.17) is 0 Å². The molecule has 0 heterocycles. The number of urea groups is 1. The molecule has 1 aromatic rings. The predicted octanol–water partition coefficient (Wildman–Crippen LogP) is 3.08. The van der Waals surface area contributed by atoms with Crippen LogP contribution in [0.3, 0.4) is 0 Å². The minimum Gasteiger partial charge on any atom is -0.308 e. The summed E-state index contributed by atoms with van der Waals surface area (Å²) < 4.78 is 0. The Bertz CT molecular complexity index is 430. The van der Waals surface area contributed by atoms with Crippen LogP contribution in [0.15, 0.2) is 24.3 Å². The molecule has 0 radical (unpaired) electrons. The number of anilines is 1. The Labute approximate surface area is 108 Å². The van der Waals surface area contributed by atoms with E-state index in [2.05, 4.69) is 10.6 Å². The summed E-state index contributed by atoms with van der Waals surface area (Å²) in [4.78, 5) is 23.1. The van der Waals surface area contributed by atoms with Crippen molar-refractivity contribution >= 4 is 17.6 Å². The fourth-order valence-corrected chi connectivity index (χ4v) is 1.52. The predicted molar refractivity (Wildman–Crippen MR) is 72.4 cm³/mol. The van der Waals surface area contributed by atoms with Gasteiger partial charge in [-0.3, -0.25) is 10.1 Å². The van der Waals surface area contributed by atoms with Gasteiger partial charge in [-0.1, -0.05) is 32.4 Å². The van der Waals surface area contributed by atoms with Crippen molar-refractivity contribution in [3.05, 3.63) is 29.8 Å². The molecule has 0 saturated heterocycles. The van der Waals surface area contributed by atoms with Gasteiger partial charge in [0.15, 0.2) is 0 Å². The Hall–Kier alpha value is -1.84. The summed E-state index contributed by atoms with van der Waals surface area (Å²) in [6.45, 7) is 5.94. The molecule has 0 fully saturated rings. The highest BCUT2D eigenvalue weighted by atomic mass is 16.2. The Morgan fingerprint density at radius 2 is 2.06 bits per heavy atom. The molecule has 0 saturated carbocycles. The van der Waals surface area contributed by atoms with Crippen molar-refractivity contribution in [2.75, 3.05) is 5.32 Å². The number of hydrogen-bond acceptors (Lipinski definition) is 2. The second-order valence-corrected chi connectivity index (χ2v) is 4.59. The Morgan fingerprint density at radius 1 is 1.33 bits per heavy atom. The van der Waals surface area contributed by atoms with E-state index in [1.54, 1.807) is 6.07 Å². The number of carbonyl (C=O) groups is 2. The average Bonchev–Trinajstić information content (AvgIpc) is 2.28. The molecule has 0 unspecified atom stereocenters. The molecule has 1 aromatic carbocycles. The van der Waals surface area contributed by atoms with Gasteiger partial charge in [0.25, 0.3) is 0 Å². The van der Waals surface area contributed by atoms with E-state index >= 15 is 0 Å². The first-order chi connectivity index (χ1) is 8.51. The van der Waals surface area contributed by atoms with E-state index in [1.807, 2.05) is 39.0 Å². The molecular weight excluding hydrogens is 228 g/mol. The third-order valence-electron chi connectivity index (χ3n) is 2.76. The number of hydrogen-bond donors (Lipinski definition) is 2. The first-order valence-electron chi connectivity index (χ1n) is 6.18. The largest absolute Gasteiger partial charge is 0.325 e. The second-order valence-electron chi connectivity index (χ2n) is 4.59. The van der Waals surface area contributed by atoms with E-state index in [0.29, 0.717) is 12.1 Å². The molecule has 1 atom stereocenters. The van der Waals surface area contributed by atoms with E-state index < -0.39 is 6.03 Å². The quantitative estimate of drug-likeness (QED) is 0.860. The van der Waals surface area contributed by atoms with Crippen molar-refractivity contribution in [2.45, 2.75) is 33.6 Å². The van der Waals surface area contributed by atoms with E-state index in [9.17, 15) is 9.59 Å². The monoisotopic (exact) mass is 248 g/mol. The molecule has 18 heavy (non-hydrogen) atoms. The lowest BCUT2D eigenvalue weighted by Gasteiger charge is -2.09. The van der Waals surface area contributed by atoms with Gasteiger partial charge < -0.3 is 5.32 Å². The Balaban J connectivity index is 2.44. The molecule has 3 amide bonds. The van der Waals surface area contributed by atoms with Gasteiger partial charge in [-0.05, 0) is 30.5 Å². The number of rotatable bonds is 4. The van der Waals surface area contributed by atoms with Crippen molar-refractivity contribution in [3.8, 4) is 0 Å². The van der Waals surface area contributed by atoms with Crippen LogP contribution in [-0.4, -0.2) is 11.9 Å². The van der Waals surface area contributed by atoms with Crippen LogP contribution in [0.1, 0.15) is 32.3 Å². The average molecular weight is 248 g/mol. The fourth-order valence-electron chi connectivity index (χ4n) is 1.52. The number of nitrogens with one attached hydrogen (secondary N) is 2. The van der Waals surface area contributed by atoms with Crippen LogP contribution in [0.2, 0.25) is 0 Å². The van der Waals surface area contributed by atoms with E-state index in [1.165, 1.54) is 0 Å². The van der Waals surface area contributed by atoms with Crippen LogP contribution in [-0.2, 0) is 4.79 Å². The summed E-state index contributed by atoms with van der Waals surface area (Å²) in [6, 6.07) is 6.95. The van der Waals surface area contributed by atoms with Crippen molar-refractivity contribution in [1.29, 1.82) is 0 Å². The van der Waals surface area contributed by atoms with Crippen LogP contribution < -0.4 is 10.6 Å². The maximum absolute atomic E-state index is 11.6. The number of aryl methyl sites for hydroxylation is 1. The zero-order chi connectivity index (χ0) is 13.5. The van der Waals surface area contributed by atoms with Gasteiger partial charge >= 0.3 is 6.03 Å². The molecular formula is C14H20N2O2. The van der Waals surface area contributed by atoms with Crippen LogP contribution in [0.4, 0.5) is 10.5 Å². The van der Waals surface area contributed by atoms with Crippen molar-refractivity contribution in [2.24, 2.45) is 5.92 Å². The minimum absolute atomic E-state index is 0.241. The third kappa shape index (κ3) is 4.99. The van der Waals surface area contributed by atoms with Crippen LogP contribution in [0.25, 0.3) is 0 Å². The summed E-state index contributed by atoms with van der Waals surface area (Å²) in [5, 5.41) is 4.96. The lowest BCUT2D eigenvalue weighted by atomic mass is 10.1. The highest BCUT2D eigenvalue weighted by molar-refractivity contribution is 6.01. The number of benzene rings is 1. The molecule has 0 spiro atoms. The standard InChI is InChI=1S/C14H20N2O2/c1-4-10(2)9-13(17)16-14(18)15-12-7-5-6-11(3)8-12/h5-8,10H,4,9H2,1-3H3,(H2,15,16,17,18)/t10-/m0/s1. The summed E-state index contributed by atoms with van der Waals surface area (Å²) >= 11 is 0. The van der Waals surface area contributed by atoms with Crippen LogP contribution in [0, 0.1) is 12.8 Å². The van der Waals surface area contributed by atoms with Crippen molar-refractivity contribution in [3.63, 3.8) is 0 Å². The number of carbonyl (C=O) groups excluding carboxylic acids is 2. The highest BCUT2D eigenvalue weighted by Crippen LogP contribution is 2.09. The SMILES string of the molecule is CC[C@H](C)CC(=O)NC(=O)Nc1cccc(C)c1. The van der Waals surface area contributed by atoms with Gasteiger partial charge in [-0.25, -0.2) is 4.79 Å². The van der Waals surface area contributed by atoms with Crippen LogP contribution >= 0.6 is 0 Å². The molecule has 4 heteroatoms. The lowest BCUT2D eigenvalue weighted by Crippen LogP contribution is -2.35. The van der Waals surface area contributed by atoms with Crippen molar-refractivity contribution < 1.29 is 9.59 Å². The zero-order valence-electron chi connectivity index (χ0n) is 11.1. The topological polar surface area (TPSA) is 58.2 Å². The highest BCUT2D eigenvalue weighted by Gasteiger charge is 2.10. The van der Waals surface area contributed by atoms with Gasteiger partial charge in [-0.15, -0.1) is 0 Å². The number of imide groups is 1. The minimum atomic E-state index is -0.478. The summed E-state index contributed by atoms with van der Waals surface area (Å²) in [5.41, 5.74) is 1.74. The molecule has 0 bridgehead atoms. The molecule has 2 N–H and O–H groups in total.